The first-order valence-electron chi connectivity index (χ1n) is 9.48. The molecular formula is C23H26N4O. The molecule has 0 saturated heterocycles. The van der Waals surface area contributed by atoms with E-state index >= 15 is 0 Å². The number of anilines is 2. The van der Waals surface area contributed by atoms with E-state index in [4.69, 9.17) is 0 Å². The van der Waals surface area contributed by atoms with E-state index in [2.05, 4.69) is 53.5 Å². The molecule has 0 spiro atoms. The highest BCUT2D eigenvalue weighted by molar-refractivity contribution is 6.03. The number of amides is 1. The largest absolute Gasteiger partial charge is 0.350 e. The van der Waals surface area contributed by atoms with Crippen LogP contribution in [0.25, 0.3) is 0 Å². The molecule has 0 bridgehead atoms. The quantitative estimate of drug-likeness (QED) is 0.631. The molecule has 3 aromatic rings. The summed E-state index contributed by atoms with van der Waals surface area (Å²) in [6, 6.07) is 15.8. The number of carbonyl (C=O) groups excluding carboxylic acids is 1. The van der Waals surface area contributed by atoms with Crippen molar-refractivity contribution in [2.45, 2.75) is 40.2 Å². The average Bonchev–Trinajstić information content (AvgIpc) is 2.69. The van der Waals surface area contributed by atoms with E-state index in [0.717, 1.165) is 16.8 Å². The molecule has 0 radical (unpaired) electrons. The van der Waals surface area contributed by atoms with Gasteiger partial charge in [-0.2, -0.15) is 0 Å². The molecule has 5 heteroatoms. The zero-order chi connectivity index (χ0) is 20.1. The minimum Gasteiger partial charge on any atom is -0.350 e. The van der Waals surface area contributed by atoms with Gasteiger partial charge in [0.2, 0.25) is 5.95 Å². The summed E-state index contributed by atoms with van der Waals surface area (Å²) in [7, 11) is 0. The lowest BCUT2D eigenvalue weighted by Crippen LogP contribution is -2.17. The van der Waals surface area contributed by atoms with E-state index in [1.54, 1.807) is 12.3 Å². The number of hydrogen-bond donors (Lipinski definition) is 2. The fourth-order valence-corrected chi connectivity index (χ4v) is 3.07. The van der Waals surface area contributed by atoms with Crippen LogP contribution in [0.5, 0.6) is 0 Å². The minimum atomic E-state index is -0.238. The van der Waals surface area contributed by atoms with Gasteiger partial charge in [0, 0.05) is 18.4 Å². The Morgan fingerprint density at radius 1 is 1.00 bits per heavy atom. The Morgan fingerprint density at radius 2 is 1.75 bits per heavy atom. The van der Waals surface area contributed by atoms with Gasteiger partial charge in [0.05, 0.1) is 0 Å². The van der Waals surface area contributed by atoms with Gasteiger partial charge in [0.25, 0.3) is 5.91 Å². The summed E-state index contributed by atoms with van der Waals surface area (Å²) in [6.07, 6.45) is 1.60. The average molecular weight is 374 g/mol. The first-order valence-corrected chi connectivity index (χ1v) is 9.48. The SMILES string of the molecule is Cc1ccccc1CNc1nccc(C(=O)Nc2c(C)cccc2C(C)C)n1. The molecule has 2 N–H and O–H groups in total. The van der Waals surface area contributed by atoms with Gasteiger partial charge in [-0.15, -0.1) is 0 Å². The number of nitrogens with zero attached hydrogens (tertiary/aromatic N) is 2. The van der Waals surface area contributed by atoms with Crippen molar-refractivity contribution >= 4 is 17.5 Å². The van der Waals surface area contributed by atoms with Crippen LogP contribution in [0, 0.1) is 13.8 Å². The second-order valence-electron chi connectivity index (χ2n) is 7.19. The third-order valence-electron chi connectivity index (χ3n) is 4.75. The first-order chi connectivity index (χ1) is 13.5. The lowest BCUT2D eigenvalue weighted by atomic mass is 9.98. The van der Waals surface area contributed by atoms with Gasteiger partial charge >= 0.3 is 0 Å². The summed E-state index contributed by atoms with van der Waals surface area (Å²) in [5, 5.41) is 6.23. The van der Waals surface area contributed by atoms with Crippen molar-refractivity contribution in [3.63, 3.8) is 0 Å². The predicted octanol–water partition coefficient (Wildman–Crippen LogP) is 5.08. The number of para-hydroxylation sites is 1. The van der Waals surface area contributed by atoms with E-state index in [-0.39, 0.29) is 5.91 Å². The number of carbonyl (C=O) groups is 1. The van der Waals surface area contributed by atoms with Crippen LogP contribution in [0.3, 0.4) is 0 Å². The monoisotopic (exact) mass is 374 g/mol. The highest BCUT2D eigenvalue weighted by Gasteiger charge is 2.15. The molecule has 0 atom stereocenters. The third-order valence-corrected chi connectivity index (χ3v) is 4.75. The fourth-order valence-electron chi connectivity index (χ4n) is 3.07. The molecule has 1 aromatic heterocycles. The van der Waals surface area contributed by atoms with Crippen molar-refractivity contribution in [1.82, 2.24) is 9.97 Å². The molecule has 0 saturated carbocycles. The van der Waals surface area contributed by atoms with Crippen LogP contribution in [0.15, 0.2) is 54.7 Å². The van der Waals surface area contributed by atoms with Gasteiger partial charge in [-0.3, -0.25) is 4.79 Å². The van der Waals surface area contributed by atoms with Crippen LogP contribution in [0.1, 0.15) is 52.5 Å². The van der Waals surface area contributed by atoms with Crippen LogP contribution >= 0.6 is 0 Å². The Balaban J connectivity index is 1.75. The highest BCUT2D eigenvalue weighted by Crippen LogP contribution is 2.27. The van der Waals surface area contributed by atoms with Gasteiger partial charge in [0.1, 0.15) is 5.69 Å². The van der Waals surface area contributed by atoms with Crippen LogP contribution in [-0.4, -0.2) is 15.9 Å². The van der Waals surface area contributed by atoms with Gasteiger partial charge in [-0.1, -0.05) is 56.3 Å². The van der Waals surface area contributed by atoms with Crippen molar-refractivity contribution in [2.24, 2.45) is 0 Å². The number of aromatic nitrogens is 2. The van der Waals surface area contributed by atoms with Crippen molar-refractivity contribution in [3.8, 4) is 0 Å². The molecule has 28 heavy (non-hydrogen) atoms. The summed E-state index contributed by atoms with van der Waals surface area (Å²) < 4.78 is 0. The molecular weight excluding hydrogens is 348 g/mol. The second-order valence-corrected chi connectivity index (χ2v) is 7.19. The molecule has 0 aliphatic carbocycles. The number of benzene rings is 2. The summed E-state index contributed by atoms with van der Waals surface area (Å²) in [5.41, 5.74) is 5.70. The standard InChI is InChI=1S/C23H26N4O/c1-15(2)19-11-7-9-17(4)21(19)27-22(28)20-12-13-24-23(26-20)25-14-18-10-6-5-8-16(18)3/h5-13,15H,14H2,1-4H3,(H,27,28)(H,24,25,26). The Labute approximate surface area is 166 Å². The maximum Gasteiger partial charge on any atom is 0.274 e. The predicted molar refractivity (Wildman–Crippen MR) is 114 cm³/mol. The number of nitrogens with one attached hydrogen (secondary N) is 2. The number of aryl methyl sites for hydroxylation is 2. The number of rotatable bonds is 6. The fraction of sp³-hybridized carbons (Fsp3) is 0.261. The number of hydrogen-bond acceptors (Lipinski definition) is 4. The van der Waals surface area contributed by atoms with Crippen LogP contribution in [-0.2, 0) is 6.54 Å². The van der Waals surface area contributed by atoms with E-state index < -0.39 is 0 Å². The molecule has 0 unspecified atom stereocenters. The maximum atomic E-state index is 12.8. The smallest absolute Gasteiger partial charge is 0.274 e. The first kappa shape index (κ1) is 19.5. The lowest BCUT2D eigenvalue weighted by Gasteiger charge is -2.16. The summed E-state index contributed by atoms with van der Waals surface area (Å²) >= 11 is 0. The maximum absolute atomic E-state index is 12.8. The van der Waals surface area contributed by atoms with Crippen LogP contribution in [0.2, 0.25) is 0 Å². The van der Waals surface area contributed by atoms with E-state index in [1.165, 1.54) is 11.1 Å². The van der Waals surface area contributed by atoms with Gasteiger partial charge < -0.3 is 10.6 Å². The molecule has 0 fully saturated rings. The lowest BCUT2D eigenvalue weighted by molar-refractivity contribution is 0.102. The topological polar surface area (TPSA) is 66.9 Å². The molecule has 1 heterocycles. The zero-order valence-corrected chi connectivity index (χ0v) is 16.8. The Bertz CT molecular complexity index is 982. The van der Waals surface area contributed by atoms with Crippen molar-refractivity contribution < 1.29 is 4.79 Å². The Kier molecular flexibility index (Phi) is 6.04. The molecule has 2 aromatic carbocycles. The summed E-state index contributed by atoms with van der Waals surface area (Å²) in [4.78, 5) is 21.4. The molecule has 144 valence electrons. The van der Waals surface area contributed by atoms with Crippen molar-refractivity contribution in [1.29, 1.82) is 0 Å². The zero-order valence-electron chi connectivity index (χ0n) is 16.8. The third kappa shape index (κ3) is 4.55. The molecule has 3 rings (SSSR count). The van der Waals surface area contributed by atoms with E-state index in [1.807, 2.05) is 37.3 Å². The molecule has 0 aliphatic rings. The van der Waals surface area contributed by atoms with Gasteiger partial charge in [-0.25, -0.2) is 9.97 Å². The van der Waals surface area contributed by atoms with E-state index in [0.29, 0.717) is 24.1 Å². The van der Waals surface area contributed by atoms with Crippen molar-refractivity contribution in [3.05, 3.63) is 82.7 Å². The van der Waals surface area contributed by atoms with Crippen molar-refractivity contribution in [2.75, 3.05) is 10.6 Å². The second kappa shape index (κ2) is 8.65. The summed E-state index contributed by atoms with van der Waals surface area (Å²) in [5.74, 6) is 0.509. The molecule has 5 nitrogen and oxygen atoms in total. The Hall–Kier alpha value is -3.21. The van der Waals surface area contributed by atoms with Crippen LogP contribution < -0.4 is 10.6 Å². The molecule has 1 amide bonds. The Morgan fingerprint density at radius 3 is 2.50 bits per heavy atom. The van der Waals surface area contributed by atoms with E-state index in [9.17, 15) is 4.79 Å². The summed E-state index contributed by atoms with van der Waals surface area (Å²) in [6.45, 7) is 8.89. The van der Waals surface area contributed by atoms with Gasteiger partial charge in [-0.05, 0) is 48.1 Å². The van der Waals surface area contributed by atoms with Crippen LogP contribution in [0.4, 0.5) is 11.6 Å². The van der Waals surface area contributed by atoms with Gasteiger partial charge in [0.15, 0.2) is 0 Å². The minimum absolute atomic E-state index is 0.238. The normalized spacial score (nSPS) is 10.8. The molecule has 0 aliphatic heterocycles. The highest BCUT2D eigenvalue weighted by atomic mass is 16.1.